The minimum atomic E-state index is -1.18. The highest BCUT2D eigenvalue weighted by molar-refractivity contribution is 6.31. The molecule has 1 unspecified atom stereocenters. The van der Waals surface area contributed by atoms with Gasteiger partial charge in [-0.15, -0.1) is 0 Å². The lowest BCUT2D eigenvalue weighted by molar-refractivity contribution is -0.130. The van der Waals surface area contributed by atoms with Crippen LogP contribution in [0.1, 0.15) is 43.8 Å². The Hall–Kier alpha value is -1.06. The van der Waals surface area contributed by atoms with Crippen molar-refractivity contribution in [3.8, 4) is 0 Å². The highest BCUT2D eigenvalue weighted by Crippen LogP contribution is 2.24. The molecule has 0 radical (unpaired) electrons. The quantitative estimate of drug-likeness (QED) is 0.885. The fourth-order valence-corrected chi connectivity index (χ4v) is 2.60. The number of nitrogens with one attached hydrogen (secondary N) is 1. The maximum Gasteiger partial charge on any atom is 0.253 e. The number of carbonyl (C=O) groups is 1. The second kappa shape index (κ2) is 6.21. The molecule has 1 amide bonds. The Morgan fingerprint density at radius 3 is 2.61 bits per heavy atom. The third-order valence-corrected chi connectivity index (χ3v) is 3.74. The molecule has 4 heteroatoms. The van der Waals surface area contributed by atoms with Crippen molar-refractivity contribution in [2.75, 3.05) is 0 Å². The third kappa shape index (κ3) is 3.24. The first-order chi connectivity index (χ1) is 8.68. The van der Waals surface area contributed by atoms with Crippen LogP contribution in [-0.4, -0.2) is 17.1 Å². The Balaban J connectivity index is 1.98. The monoisotopic (exact) mass is 267 g/mol. The molecule has 2 N–H and O–H groups in total. The van der Waals surface area contributed by atoms with Crippen molar-refractivity contribution in [1.82, 2.24) is 5.32 Å². The molecular formula is C14H18ClNO2. The van der Waals surface area contributed by atoms with Gasteiger partial charge in [0.05, 0.1) is 0 Å². The van der Waals surface area contributed by atoms with Crippen molar-refractivity contribution >= 4 is 17.5 Å². The van der Waals surface area contributed by atoms with Crippen molar-refractivity contribution in [3.63, 3.8) is 0 Å². The Morgan fingerprint density at radius 1 is 1.28 bits per heavy atom. The molecule has 0 spiro atoms. The zero-order valence-corrected chi connectivity index (χ0v) is 11.0. The smallest absolute Gasteiger partial charge is 0.253 e. The van der Waals surface area contributed by atoms with Crippen LogP contribution >= 0.6 is 11.6 Å². The number of hydrogen-bond acceptors (Lipinski definition) is 2. The lowest BCUT2D eigenvalue weighted by atomic mass is 9.95. The highest BCUT2D eigenvalue weighted by Gasteiger charge is 2.23. The van der Waals surface area contributed by atoms with Crippen molar-refractivity contribution < 1.29 is 9.90 Å². The second-order valence-electron chi connectivity index (χ2n) is 4.77. The molecule has 3 nitrogen and oxygen atoms in total. The molecule has 1 aliphatic rings. The average molecular weight is 268 g/mol. The van der Waals surface area contributed by atoms with Gasteiger partial charge in [0.1, 0.15) is 0 Å². The first-order valence-corrected chi connectivity index (χ1v) is 6.79. The summed E-state index contributed by atoms with van der Waals surface area (Å²) < 4.78 is 0. The molecule has 0 heterocycles. The predicted molar refractivity (Wildman–Crippen MR) is 71.4 cm³/mol. The van der Waals surface area contributed by atoms with E-state index in [9.17, 15) is 9.90 Å². The number of aliphatic hydroxyl groups excluding tert-OH is 1. The van der Waals surface area contributed by atoms with Gasteiger partial charge in [0.2, 0.25) is 0 Å². The van der Waals surface area contributed by atoms with Crippen LogP contribution in [-0.2, 0) is 4.79 Å². The van der Waals surface area contributed by atoms with E-state index in [1.54, 1.807) is 24.3 Å². The Morgan fingerprint density at radius 2 is 1.94 bits per heavy atom. The molecule has 1 fully saturated rings. The molecule has 0 aromatic heterocycles. The van der Waals surface area contributed by atoms with E-state index in [-0.39, 0.29) is 11.9 Å². The Bertz CT molecular complexity index is 416. The van der Waals surface area contributed by atoms with E-state index in [1.165, 1.54) is 6.42 Å². The van der Waals surface area contributed by atoms with Gasteiger partial charge in [-0.25, -0.2) is 0 Å². The maximum absolute atomic E-state index is 11.9. The molecule has 1 aromatic rings. The van der Waals surface area contributed by atoms with Crippen LogP contribution < -0.4 is 5.32 Å². The number of rotatable bonds is 3. The minimum Gasteiger partial charge on any atom is -0.378 e. The molecule has 0 bridgehead atoms. The Labute approximate surface area is 112 Å². The maximum atomic E-state index is 11.9. The van der Waals surface area contributed by atoms with E-state index in [0.717, 1.165) is 25.7 Å². The number of halogens is 1. The van der Waals surface area contributed by atoms with Gasteiger partial charge in [0.15, 0.2) is 6.10 Å². The molecule has 0 saturated heterocycles. The van der Waals surface area contributed by atoms with Crippen LogP contribution in [0, 0.1) is 0 Å². The highest BCUT2D eigenvalue weighted by atomic mass is 35.5. The first kappa shape index (κ1) is 13.4. The second-order valence-corrected chi connectivity index (χ2v) is 5.17. The fraction of sp³-hybridized carbons (Fsp3) is 0.500. The number of carbonyl (C=O) groups excluding carboxylic acids is 1. The largest absolute Gasteiger partial charge is 0.378 e. The molecule has 18 heavy (non-hydrogen) atoms. The van der Waals surface area contributed by atoms with Gasteiger partial charge >= 0.3 is 0 Å². The van der Waals surface area contributed by atoms with E-state index in [4.69, 9.17) is 11.6 Å². The normalized spacial score (nSPS) is 18.3. The summed E-state index contributed by atoms with van der Waals surface area (Å²) in [5, 5.41) is 13.3. The Kier molecular flexibility index (Phi) is 4.61. The standard InChI is InChI=1S/C14H18ClNO2/c15-12-9-5-4-8-11(12)13(17)14(18)16-10-6-2-1-3-7-10/h4-5,8-10,13,17H,1-3,6-7H2,(H,16,18). The van der Waals surface area contributed by atoms with E-state index in [1.807, 2.05) is 0 Å². The van der Waals surface area contributed by atoms with Gasteiger partial charge in [-0.3, -0.25) is 4.79 Å². The van der Waals surface area contributed by atoms with Crippen LogP contribution in [0.4, 0.5) is 0 Å². The van der Waals surface area contributed by atoms with Gasteiger partial charge in [-0.1, -0.05) is 49.1 Å². The third-order valence-electron chi connectivity index (χ3n) is 3.40. The van der Waals surface area contributed by atoms with Crippen molar-refractivity contribution in [1.29, 1.82) is 0 Å². The summed E-state index contributed by atoms with van der Waals surface area (Å²) in [5.74, 6) is -0.352. The van der Waals surface area contributed by atoms with Crippen LogP contribution in [0.2, 0.25) is 5.02 Å². The molecule has 1 atom stereocenters. The van der Waals surface area contributed by atoms with Crippen molar-refractivity contribution in [3.05, 3.63) is 34.9 Å². The number of hydrogen-bond donors (Lipinski definition) is 2. The lowest BCUT2D eigenvalue weighted by Crippen LogP contribution is -2.39. The van der Waals surface area contributed by atoms with Crippen LogP contribution in [0.15, 0.2) is 24.3 Å². The van der Waals surface area contributed by atoms with Gasteiger partial charge in [-0.2, -0.15) is 0 Å². The fourth-order valence-electron chi connectivity index (χ4n) is 2.37. The summed E-state index contributed by atoms with van der Waals surface area (Å²) in [6, 6.07) is 7.08. The van der Waals surface area contributed by atoms with E-state index < -0.39 is 6.10 Å². The first-order valence-electron chi connectivity index (χ1n) is 6.41. The lowest BCUT2D eigenvalue weighted by Gasteiger charge is -2.24. The number of amides is 1. The van der Waals surface area contributed by atoms with Gasteiger partial charge in [-0.05, 0) is 18.9 Å². The molecule has 98 valence electrons. The van der Waals surface area contributed by atoms with Crippen LogP contribution in [0.3, 0.4) is 0 Å². The molecule has 0 aliphatic heterocycles. The molecule has 2 rings (SSSR count). The summed E-state index contributed by atoms with van der Waals surface area (Å²) in [5.41, 5.74) is 0.465. The molecule has 1 aliphatic carbocycles. The zero-order valence-electron chi connectivity index (χ0n) is 10.2. The average Bonchev–Trinajstić information content (AvgIpc) is 2.39. The van der Waals surface area contributed by atoms with Gasteiger partial charge in [0.25, 0.3) is 5.91 Å². The summed E-state index contributed by atoms with van der Waals surface area (Å²) in [6.07, 6.45) is 4.35. The predicted octanol–water partition coefficient (Wildman–Crippen LogP) is 2.82. The molecular weight excluding hydrogens is 250 g/mol. The summed E-state index contributed by atoms with van der Waals surface area (Å²) in [4.78, 5) is 11.9. The van der Waals surface area contributed by atoms with E-state index in [0.29, 0.717) is 10.6 Å². The van der Waals surface area contributed by atoms with Crippen molar-refractivity contribution in [2.24, 2.45) is 0 Å². The van der Waals surface area contributed by atoms with Gasteiger partial charge in [0, 0.05) is 16.6 Å². The van der Waals surface area contributed by atoms with Crippen LogP contribution in [0.25, 0.3) is 0 Å². The van der Waals surface area contributed by atoms with Crippen LogP contribution in [0.5, 0.6) is 0 Å². The summed E-state index contributed by atoms with van der Waals surface area (Å²) in [6.45, 7) is 0. The number of benzene rings is 1. The number of aliphatic hydroxyl groups is 1. The van der Waals surface area contributed by atoms with E-state index >= 15 is 0 Å². The summed E-state index contributed by atoms with van der Waals surface area (Å²) in [7, 11) is 0. The minimum absolute atomic E-state index is 0.198. The SMILES string of the molecule is O=C(NC1CCCCC1)C(O)c1ccccc1Cl. The summed E-state index contributed by atoms with van der Waals surface area (Å²) >= 11 is 5.97. The van der Waals surface area contributed by atoms with Gasteiger partial charge < -0.3 is 10.4 Å². The molecule has 1 aromatic carbocycles. The zero-order chi connectivity index (χ0) is 13.0. The van der Waals surface area contributed by atoms with E-state index in [2.05, 4.69) is 5.32 Å². The van der Waals surface area contributed by atoms with Crippen molar-refractivity contribution in [2.45, 2.75) is 44.2 Å². The molecule has 1 saturated carbocycles. The topological polar surface area (TPSA) is 49.3 Å².